The highest BCUT2D eigenvalue weighted by Gasteiger charge is 2.16. The van der Waals surface area contributed by atoms with Crippen LogP contribution in [0.2, 0.25) is 0 Å². The maximum Gasteiger partial charge on any atom is 0.234 e. The minimum absolute atomic E-state index is 0.00584. The molecule has 4 aromatic rings. The van der Waals surface area contributed by atoms with Crippen LogP contribution in [0.5, 0.6) is 0 Å². The van der Waals surface area contributed by atoms with Crippen LogP contribution >= 0.6 is 11.8 Å². The number of thioether (sulfide) groups is 1. The maximum absolute atomic E-state index is 12.6. The zero-order chi connectivity index (χ0) is 24.3. The Morgan fingerprint density at radius 2 is 1.47 bits per heavy atom. The molecule has 3 aromatic carbocycles. The highest BCUT2D eigenvalue weighted by Crippen LogP contribution is 2.31. The predicted octanol–water partition coefficient (Wildman–Crippen LogP) is 6.92. The maximum atomic E-state index is 12.6. The third-order valence-corrected chi connectivity index (χ3v) is 6.58. The van der Waals surface area contributed by atoms with E-state index in [4.69, 9.17) is 0 Å². The molecule has 1 aromatic heterocycles. The Hall–Kier alpha value is -3.25. The van der Waals surface area contributed by atoms with Crippen LogP contribution < -0.4 is 10.6 Å². The normalized spacial score (nSPS) is 11.6. The molecule has 0 fully saturated rings. The smallest absolute Gasteiger partial charge is 0.234 e. The van der Waals surface area contributed by atoms with Crippen LogP contribution in [0.25, 0.3) is 21.8 Å². The number of hydrogen-bond donors (Lipinski definition) is 2. The van der Waals surface area contributed by atoms with Gasteiger partial charge in [0.05, 0.1) is 5.75 Å². The van der Waals surface area contributed by atoms with Crippen LogP contribution in [0.15, 0.2) is 71.6 Å². The molecule has 0 atom stereocenters. The van der Waals surface area contributed by atoms with E-state index in [-0.39, 0.29) is 17.2 Å². The second-order valence-corrected chi connectivity index (χ2v) is 10.7. The van der Waals surface area contributed by atoms with E-state index in [1.165, 1.54) is 28.2 Å². The van der Waals surface area contributed by atoms with E-state index in [1.807, 2.05) is 57.2 Å². The number of para-hydroxylation sites is 1. The Balaban J connectivity index is 1.37. The van der Waals surface area contributed by atoms with Crippen molar-refractivity contribution >= 4 is 56.8 Å². The highest BCUT2D eigenvalue weighted by atomic mass is 32.2. The molecule has 4 rings (SSSR count). The lowest BCUT2D eigenvalue weighted by molar-refractivity contribution is -0.118. The molecule has 0 bridgehead atoms. The fourth-order valence-corrected chi connectivity index (χ4v) is 4.84. The summed E-state index contributed by atoms with van der Waals surface area (Å²) in [5.41, 5.74) is 3.89. The molecule has 1 heterocycles. The molecule has 2 amide bonds. The van der Waals surface area contributed by atoms with E-state index < -0.39 is 0 Å². The van der Waals surface area contributed by atoms with Crippen molar-refractivity contribution in [2.45, 2.75) is 45.6 Å². The van der Waals surface area contributed by atoms with Crippen molar-refractivity contribution in [3.63, 3.8) is 0 Å². The number of nitrogens with one attached hydrogen (secondary N) is 2. The average Bonchev–Trinajstić information content (AvgIpc) is 3.10. The molecule has 0 saturated heterocycles. The van der Waals surface area contributed by atoms with Crippen molar-refractivity contribution < 1.29 is 9.59 Å². The van der Waals surface area contributed by atoms with Gasteiger partial charge in [0.15, 0.2) is 0 Å². The lowest BCUT2D eigenvalue weighted by atomic mass is 9.92. The van der Waals surface area contributed by atoms with E-state index in [1.54, 1.807) is 0 Å². The second-order valence-electron chi connectivity index (χ2n) is 9.64. The van der Waals surface area contributed by atoms with Gasteiger partial charge in [0.25, 0.3) is 0 Å². The number of benzene rings is 3. The SMILES string of the molecule is CCn1c2ccccc2c2cc(NC(=O)CSc3ccc(NC(=O)CC(C)(C)C)cc3)ccc21. The van der Waals surface area contributed by atoms with Crippen molar-refractivity contribution in [3.8, 4) is 0 Å². The number of carbonyl (C=O) groups is 2. The number of carbonyl (C=O) groups excluding carboxylic acids is 2. The molecule has 0 aliphatic carbocycles. The summed E-state index contributed by atoms with van der Waals surface area (Å²) in [6.07, 6.45) is 0.467. The Bertz CT molecular complexity index is 1330. The van der Waals surface area contributed by atoms with E-state index in [9.17, 15) is 9.59 Å². The van der Waals surface area contributed by atoms with Gasteiger partial charge in [-0.1, -0.05) is 39.0 Å². The number of aryl methyl sites for hydroxylation is 1. The van der Waals surface area contributed by atoms with Crippen LogP contribution in [0.1, 0.15) is 34.1 Å². The monoisotopic (exact) mass is 473 g/mol. The average molecular weight is 474 g/mol. The molecule has 34 heavy (non-hydrogen) atoms. The summed E-state index contributed by atoms with van der Waals surface area (Å²) in [4.78, 5) is 25.7. The molecule has 6 heteroatoms. The lowest BCUT2D eigenvalue weighted by Gasteiger charge is -2.17. The van der Waals surface area contributed by atoms with Crippen molar-refractivity contribution in [1.29, 1.82) is 0 Å². The minimum Gasteiger partial charge on any atom is -0.341 e. The quantitative estimate of drug-likeness (QED) is 0.286. The predicted molar refractivity (Wildman–Crippen MR) is 144 cm³/mol. The molecule has 0 radical (unpaired) electrons. The van der Waals surface area contributed by atoms with Gasteiger partial charge in [0, 0.05) is 51.0 Å². The number of hydrogen-bond acceptors (Lipinski definition) is 3. The summed E-state index contributed by atoms with van der Waals surface area (Å²) in [5.74, 6) is 0.266. The summed E-state index contributed by atoms with van der Waals surface area (Å²) < 4.78 is 2.29. The Kier molecular flexibility index (Phi) is 6.98. The topological polar surface area (TPSA) is 63.1 Å². The van der Waals surface area contributed by atoms with Gasteiger partial charge in [0.1, 0.15) is 0 Å². The van der Waals surface area contributed by atoms with Crippen molar-refractivity contribution in [2.75, 3.05) is 16.4 Å². The number of nitrogens with zero attached hydrogens (tertiary/aromatic N) is 1. The van der Waals surface area contributed by atoms with E-state index in [0.29, 0.717) is 12.2 Å². The van der Waals surface area contributed by atoms with E-state index >= 15 is 0 Å². The van der Waals surface area contributed by atoms with Gasteiger partial charge in [-0.3, -0.25) is 9.59 Å². The first-order valence-corrected chi connectivity index (χ1v) is 12.6. The minimum atomic E-state index is -0.0508. The Morgan fingerprint density at radius 1 is 0.824 bits per heavy atom. The molecule has 5 nitrogen and oxygen atoms in total. The third kappa shape index (κ3) is 5.62. The zero-order valence-corrected chi connectivity index (χ0v) is 21.0. The van der Waals surface area contributed by atoms with Gasteiger partial charge >= 0.3 is 0 Å². The zero-order valence-electron chi connectivity index (χ0n) is 20.1. The lowest BCUT2D eigenvalue weighted by Crippen LogP contribution is -2.19. The number of aromatic nitrogens is 1. The number of fused-ring (bicyclic) bond motifs is 3. The van der Waals surface area contributed by atoms with Gasteiger partial charge in [-0.15, -0.1) is 11.8 Å². The number of amides is 2. The third-order valence-electron chi connectivity index (χ3n) is 5.57. The second kappa shape index (κ2) is 9.94. The molecule has 0 aliphatic rings. The van der Waals surface area contributed by atoms with E-state index in [2.05, 4.69) is 52.5 Å². The summed E-state index contributed by atoms with van der Waals surface area (Å²) >= 11 is 1.47. The van der Waals surface area contributed by atoms with Gasteiger partial charge < -0.3 is 15.2 Å². The largest absolute Gasteiger partial charge is 0.341 e. The summed E-state index contributed by atoms with van der Waals surface area (Å²) in [5, 5.41) is 8.30. The molecule has 0 aliphatic heterocycles. The van der Waals surface area contributed by atoms with Crippen molar-refractivity contribution in [3.05, 3.63) is 66.7 Å². The van der Waals surface area contributed by atoms with Gasteiger partial charge in [0.2, 0.25) is 11.8 Å². The van der Waals surface area contributed by atoms with Gasteiger partial charge in [-0.05, 0) is 60.9 Å². The molecular weight excluding hydrogens is 442 g/mol. The highest BCUT2D eigenvalue weighted by molar-refractivity contribution is 8.00. The first-order chi connectivity index (χ1) is 16.2. The standard InChI is InChI=1S/C28H31N3O2S/c1-5-31-24-9-7-6-8-22(24)23-16-20(12-15-25(23)31)30-27(33)18-34-21-13-10-19(11-14-21)29-26(32)17-28(2,3)4/h6-16H,5,17-18H2,1-4H3,(H,29,32)(H,30,33). The summed E-state index contributed by atoms with van der Waals surface area (Å²) in [6, 6.07) is 22.1. The molecular formula is C28H31N3O2S. The van der Waals surface area contributed by atoms with Crippen LogP contribution in [-0.2, 0) is 16.1 Å². The molecule has 0 spiro atoms. The molecule has 0 saturated carbocycles. The fraction of sp³-hybridized carbons (Fsp3) is 0.286. The Labute approximate surface area is 204 Å². The fourth-order valence-electron chi connectivity index (χ4n) is 4.14. The Morgan fingerprint density at radius 3 is 2.18 bits per heavy atom. The number of anilines is 2. The summed E-state index contributed by atoms with van der Waals surface area (Å²) in [6.45, 7) is 9.16. The van der Waals surface area contributed by atoms with Gasteiger partial charge in [-0.25, -0.2) is 0 Å². The van der Waals surface area contributed by atoms with Crippen molar-refractivity contribution in [2.24, 2.45) is 5.41 Å². The van der Waals surface area contributed by atoms with Crippen LogP contribution in [0.4, 0.5) is 11.4 Å². The van der Waals surface area contributed by atoms with Crippen LogP contribution in [0, 0.1) is 5.41 Å². The van der Waals surface area contributed by atoms with Crippen LogP contribution in [-0.4, -0.2) is 22.1 Å². The van der Waals surface area contributed by atoms with Gasteiger partial charge in [-0.2, -0.15) is 0 Å². The van der Waals surface area contributed by atoms with Crippen LogP contribution in [0.3, 0.4) is 0 Å². The number of rotatable bonds is 7. The molecule has 176 valence electrons. The molecule has 0 unspecified atom stereocenters. The first-order valence-electron chi connectivity index (χ1n) is 11.6. The first kappa shape index (κ1) is 23.9. The molecule has 2 N–H and O–H groups in total. The van der Waals surface area contributed by atoms with E-state index in [0.717, 1.165) is 28.2 Å². The van der Waals surface area contributed by atoms with Crippen molar-refractivity contribution in [1.82, 2.24) is 4.57 Å². The summed E-state index contributed by atoms with van der Waals surface area (Å²) in [7, 11) is 0.